The Balaban J connectivity index is 2.09. The van der Waals surface area contributed by atoms with Crippen LogP contribution in [0.5, 0.6) is 5.75 Å². The van der Waals surface area contributed by atoms with Gasteiger partial charge in [-0.15, -0.1) is 0 Å². The Bertz CT molecular complexity index is 778. The maximum absolute atomic E-state index is 12.2. The molecule has 0 heterocycles. The van der Waals surface area contributed by atoms with E-state index < -0.39 is 6.10 Å². The fraction of sp³-hybridized carbons (Fsp3) is 0.167. The van der Waals surface area contributed by atoms with Gasteiger partial charge in [0.25, 0.3) is 5.91 Å². The van der Waals surface area contributed by atoms with Crippen LogP contribution in [-0.2, 0) is 4.79 Å². The Hall–Kier alpha value is -3.13. The lowest BCUT2D eigenvalue weighted by Gasteiger charge is -2.16. The van der Waals surface area contributed by atoms with Crippen molar-refractivity contribution in [2.45, 2.75) is 20.0 Å². The van der Waals surface area contributed by atoms with Crippen LogP contribution in [-0.4, -0.2) is 17.8 Å². The van der Waals surface area contributed by atoms with Gasteiger partial charge in [-0.2, -0.15) is 5.26 Å². The minimum atomic E-state index is -0.774. The lowest BCUT2D eigenvalue weighted by atomic mass is 10.1. The van der Waals surface area contributed by atoms with Gasteiger partial charge in [-0.25, -0.2) is 0 Å². The van der Waals surface area contributed by atoms with Gasteiger partial charge in [0.05, 0.1) is 17.3 Å². The molecular weight excluding hydrogens is 292 g/mol. The molecule has 0 aromatic heterocycles. The molecule has 1 amide bonds. The standard InChI is InChI=1S/C18H16N2O3/c1-12(21)16-8-3-4-9-17(16)20-18(22)13(2)23-15-7-5-6-14(10-15)11-19/h3-10,13H,1-2H3,(H,20,22). The monoisotopic (exact) mass is 308 g/mol. The summed E-state index contributed by atoms with van der Waals surface area (Å²) in [7, 11) is 0. The molecule has 0 aliphatic heterocycles. The van der Waals surface area contributed by atoms with Crippen LogP contribution in [0.25, 0.3) is 0 Å². The molecule has 0 aliphatic rings. The first-order chi connectivity index (χ1) is 11.0. The number of Topliss-reactive ketones (excluding diaryl/α,β-unsaturated/α-hetero) is 1. The highest BCUT2D eigenvalue weighted by Crippen LogP contribution is 2.18. The van der Waals surface area contributed by atoms with Crippen molar-refractivity contribution < 1.29 is 14.3 Å². The van der Waals surface area contributed by atoms with Crippen LogP contribution in [0.2, 0.25) is 0 Å². The summed E-state index contributed by atoms with van der Waals surface area (Å²) in [6.45, 7) is 3.04. The maximum Gasteiger partial charge on any atom is 0.265 e. The Morgan fingerprint density at radius 2 is 1.91 bits per heavy atom. The van der Waals surface area contributed by atoms with Crippen molar-refractivity contribution in [2.75, 3.05) is 5.32 Å². The van der Waals surface area contributed by atoms with Crippen molar-refractivity contribution in [3.8, 4) is 11.8 Å². The average molecular weight is 308 g/mol. The van der Waals surface area contributed by atoms with Crippen molar-refractivity contribution in [3.63, 3.8) is 0 Å². The van der Waals surface area contributed by atoms with Gasteiger partial charge >= 0.3 is 0 Å². The van der Waals surface area contributed by atoms with Crippen LogP contribution in [0.15, 0.2) is 48.5 Å². The molecule has 1 unspecified atom stereocenters. The quantitative estimate of drug-likeness (QED) is 0.860. The molecule has 0 fully saturated rings. The van der Waals surface area contributed by atoms with Gasteiger partial charge in [-0.1, -0.05) is 18.2 Å². The fourth-order valence-electron chi connectivity index (χ4n) is 2.03. The third kappa shape index (κ3) is 4.17. The van der Waals surface area contributed by atoms with Crippen molar-refractivity contribution in [1.82, 2.24) is 0 Å². The molecular formula is C18H16N2O3. The summed E-state index contributed by atoms with van der Waals surface area (Å²) < 4.78 is 5.54. The van der Waals surface area contributed by atoms with E-state index >= 15 is 0 Å². The molecule has 0 spiro atoms. The van der Waals surface area contributed by atoms with Gasteiger partial charge in [0.2, 0.25) is 0 Å². The Morgan fingerprint density at radius 1 is 1.17 bits per heavy atom. The molecule has 2 rings (SSSR count). The number of carbonyl (C=O) groups excluding carboxylic acids is 2. The van der Waals surface area contributed by atoms with E-state index in [1.54, 1.807) is 55.5 Å². The molecule has 0 bridgehead atoms. The van der Waals surface area contributed by atoms with E-state index in [-0.39, 0.29) is 11.7 Å². The number of nitrogens with zero attached hydrogens (tertiary/aromatic N) is 1. The molecule has 0 saturated heterocycles. The molecule has 1 atom stereocenters. The maximum atomic E-state index is 12.2. The smallest absolute Gasteiger partial charge is 0.265 e. The average Bonchev–Trinajstić information content (AvgIpc) is 2.55. The van der Waals surface area contributed by atoms with Gasteiger partial charge in [0.15, 0.2) is 11.9 Å². The number of ketones is 1. The normalized spacial score (nSPS) is 11.2. The van der Waals surface area contributed by atoms with Crippen LogP contribution in [0.1, 0.15) is 29.8 Å². The largest absolute Gasteiger partial charge is 0.481 e. The minimum Gasteiger partial charge on any atom is -0.481 e. The SMILES string of the molecule is CC(=O)c1ccccc1NC(=O)C(C)Oc1cccc(C#N)c1. The zero-order valence-corrected chi connectivity index (χ0v) is 12.9. The molecule has 116 valence electrons. The first-order valence-electron chi connectivity index (χ1n) is 7.09. The summed E-state index contributed by atoms with van der Waals surface area (Å²) >= 11 is 0. The van der Waals surface area contributed by atoms with Gasteiger partial charge in [-0.05, 0) is 44.2 Å². The van der Waals surface area contributed by atoms with Gasteiger partial charge < -0.3 is 10.1 Å². The number of rotatable bonds is 5. The second-order valence-electron chi connectivity index (χ2n) is 4.99. The number of hydrogen-bond acceptors (Lipinski definition) is 4. The van der Waals surface area contributed by atoms with Gasteiger partial charge in [0, 0.05) is 5.56 Å². The van der Waals surface area contributed by atoms with Crippen LogP contribution in [0.4, 0.5) is 5.69 Å². The number of nitriles is 1. The van der Waals surface area contributed by atoms with E-state index in [2.05, 4.69) is 5.32 Å². The van der Waals surface area contributed by atoms with Gasteiger partial charge in [-0.3, -0.25) is 9.59 Å². The second-order valence-corrected chi connectivity index (χ2v) is 4.99. The summed E-state index contributed by atoms with van der Waals surface area (Å²) in [4.78, 5) is 23.8. The third-order valence-electron chi connectivity index (χ3n) is 3.21. The molecule has 2 aromatic rings. The lowest BCUT2D eigenvalue weighted by Crippen LogP contribution is -2.30. The molecule has 5 nitrogen and oxygen atoms in total. The predicted octanol–water partition coefficient (Wildman–Crippen LogP) is 3.17. The number of para-hydroxylation sites is 1. The first-order valence-corrected chi connectivity index (χ1v) is 7.09. The number of ether oxygens (including phenoxy) is 1. The van der Waals surface area contributed by atoms with Crippen LogP contribution in [0, 0.1) is 11.3 Å². The van der Waals surface area contributed by atoms with Crippen molar-refractivity contribution in [1.29, 1.82) is 5.26 Å². The van der Waals surface area contributed by atoms with Crippen molar-refractivity contribution in [2.24, 2.45) is 0 Å². The van der Waals surface area contributed by atoms with Crippen LogP contribution >= 0.6 is 0 Å². The number of benzene rings is 2. The summed E-state index contributed by atoms with van der Waals surface area (Å²) in [6.07, 6.45) is -0.774. The zero-order valence-electron chi connectivity index (χ0n) is 12.9. The molecule has 5 heteroatoms. The zero-order chi connectivity index (χ0) is 16.8. The molecule has 0 aliphatic carbocycles. The second kappa shape index (κ2) is 7.23. The minimum absolute atomic E-state index is 0.129. The first kappa shape index (κ1) is 16.2. The van der Waals surface area contributed by atoms with E-state index in [4.69, 9.17) is 10.00 Å². The molecule has 0 saturated carbocycles. The third-order valence-corrected chi connectivity index (χ3v) is 3.21. The summed E-state index contributed by atoms with van der Waals surface area (Å²) in [5.74, 6) is -0.0659. The molecule has 2 aromatic carbocycles. The molecule has 0 radical (unpaired) electrons. The van der Waals surface area contributed by atoms with Crippen LogP contribution in [0.3, 0.4) is 0 Å². The number of carbonyl (C=O) groups is 2. The predicted molar refractivity (Wildman–Crippen MR) is 86.3 cm³/mol. The number of hydrogen-bond donors (Lipinski definition) is 1. The number of amides is 1. The lowest BCUT2D eigenvalue weighted by molar-refractivity contribution is -0.122. The summed E-state index contributed by atoms with van der Waals surface area (Å²) in [6, 6.07) is 15.4. The summed E-state index contributed by atoms with van der Waals surface area (Å²) in [5, 5.41) is 11.6. The Labute approximate surface area is 134 Å². The number of anilines is 1. The van der Waals surface area contributed by atoms with Crippen molar-refractivity contribution >= 4 is 17.4 Å². The highest BCUT2D eigenvalue weighted by Gasteiger charge is 2.17. The van der Waals surface area contributed by atoms with E-state index in [1.807, 2.05) is 6.07 Å². The van der Waals surface area contributed by atoms with E-state index in [9.17, 15) is 9.59 Å². The number of nitrogens with one attached hydrogen (secondary N) is 1. The molecule has 23 heavy (non-hydrogen) atoms. The topological polar surface area (TPSA) is 79.2 Å². The Kier molecular flexibility index (Phi) is 5.11. The molecule has 1 N–H and O–H groups in total. The fourth-order valence-corrected chi connectivity index (χ4v) is 2.03. The van der Waals surface area contributed by atoms with Crippen LogP contribution < -0.4 is 10.1 Å². The highest BCUT2D eigenvalue weighted by molar-refractivity contribution is 6.04. The van der Waals surface area contributed by atoms with E-state index in [1.165, 1.54) is 6.92 Å². The Morgan fingerprint density at radius 3 is 2.61 bits per heavy atom. The van der Waals surface area contributed by atoms with Crippen molar-refractivity contribution in [3.05, 3.63) is 59.7 Å². The highest BCUT2D eigenvalue weighted by atomic mass is 16.5. The summed E-state index contributed by atoms with van der Waals surface area (Å²) in [5.41, 5.74) is 1.35. The van der Waals surface area contributed by atoms with E-state index in [0.717, 1.165) is 0 Å². The van der Waals surface area contributed by atoms with Gasteiger partial charge in [0.1, 0.15) is 5.75 Å². The van der Waals surface area contributed by atoms with E-state index in [0.29, 0.717) is 22.6 Å².